The minimum atomic E-state index is -0.900. The van der Waals surface area contributed by atoms with Gasteiger partial charge in [-0.05, 0) is 85.4 Å². The first kappa shape index (κ1) is 29.9. The Morgan fingerprint density at radius 1 is 0.946 bits per heavy atom. The van der Waals surface area contributed by atoms with Crippen molar-refractivity contribution in [2.45, 2.75) is 99.4 Å². The molecule has 0 aliphatic rings. The van der Waals surface area contributed by atoms with E-state index in [4.69, 9.17) is 4.74 Å². The number of carbonyl (C=O) groups is 3. The smallest absolute Gasteiger partial charge is 0.408 e. The van der Waals surface area contributed by atoms with Gasteiger partial charge < -0.3 is 20.3 Å². The molecular weight excluding hydrogens is 466 g/mol. The molecular formula is C30H43N3O4. The number of nitrogens with zero attached hydrogens (tertiary/aromatic N) is 1. The monoisotopic (exact) mass is 509 g/mol. The third-order valence-corrected chi connectivity index (χ3v) is 6.24. The molecule has 2 aromatic carbocycles. The van der Waals surface area contributed by atoms with Crippen LogP contribution >= 0.6 is 0 Å². The maximum atomic E-state index is 14.0. The molecule has 0 aromatic heterocycles. The first-order chi connectivity index (χ1) is 17.1. The molecule has 0 heterocycles. The lowest BCUT2D eigenvalue weighted by molar-refractivity contribution is -0.143. The van der Waals surface area contributed by atoms with Crippen LogP contribution in [-0.4, -0.2) is 40.5 Å². The van der Waals surface area contributed by atoms with E-state index in [-0.39, 0.29) is 17.9 Å². The Balaban J connectivity index is 2.56. The number of amides is 3. The fourth-order valence-electron chi connectivity index (χ4n) is 4.37. The molecule has 7 nitrogen and oxygen atoms in total. The Labute approximate surface area is 222 Å². The van der Waals surface area contributed by atoms with Gasteiger partial charge in [0, 0.05) is 11.7 Å². The van der Waals surface area contributed by atoms with Crippen molar-refractivity contribution in [3.63, 3.8) is 0 Å². The molecule has 3 unspecified atom stereocenters. The summed E-state index contributed by atoms with van der Waals surface area (Å²) in [4.78, 5) is 41.9. The second kappa shape index (κ2) is 12.3. The predicted octanol–water partition coefficient (Wildman–Crippen LogP) is 6.14. The molecule has 2 rings (SSSR count). The van der Waals surface area contributed by atoms with Gasteiger partial charge in [0.05, 0.1) is 0 Å². The van der Waals surface area contributed by atoms with Gasteiger partial charge in [-0.2, -0.15) is 0 Å². The maximum absolute atomic E-state index is 14.0. The van der Waals surface area contributed by atoms with Gasteiger partial charge in [-0.25, -0.2) is 4.79 Å². The normalized spacial score (nSPS) is 13.8. The van der Waals surface area contributed by atoms with Crippen LogP contribution in [0.25, 0.3) is 0 Å². The molecule has 0 saturated carbocycles. The fraction of sp³-hybridized carbons (Fsp3) is 0.500. The summed E-state index contributed by atoms with van der Waals surface area (Å²) in [6.07, 6.45) is -0.0524. The highest BCUT2D eigenvalue weighted by Gasteiger charge is 2.37. The number of hydrogen-bond acceptors (Lipinski definition) is 4. The number of carbonyl (C=O) groups excluding carboxylic acids is 3. The van der Waals surface area contributed by atoms with Gasteiger partial charge in [0.25, 0.3) is 5.91 Å². The van der Waals surface area contributed by atoms with Crippen LogP contribution in [-0.2, 0) is 14.3 Å². The number of para-hydroxylation sites is 1. The summed E-state index contributed by atoms with van der Waals surface area (Å²) in [5.74, 6) is -0.665. The van der Waals surface area contributed by atoms with Gasteiger partial charge >= 0.3 is 6.09 Å². The number of nitrogens with one attached hydrogen (secondary N) is 2. The second-order valence-electron chi connectivity index (χ2n) is 11.0. The van der Waals surface area contributed by atoms with E-state index >= 15 is 0 Å². The molecule has 0 spiro atoms. The van der Waals surface area contributed by atoms with Gasteiger partial charge in [-0.1, -0.05) is 54.4 Å². The van der Waals surface area contributed by atoms with Crippen molar-refractivity contribution < 1.29 is 19.1 Å². The zero-order chi connectivity index (χ0) is 28.1. The van der Waals surface area contributed by atoms with E-state index in [1.54, 1.807) is 32.6 Å². The average molecular weight is 510 g/mol. The third-order valence-electron chi connectivity index (χ3n) is 6.24. The summed E-state index contributed by atoms with van der Waals surface area (Å²) in [6.45, 7) is 18.6. The lowest BCUT2D eigenvalue weighted by Gasteiger charge is -2.38. The molecule has 37 heavy (non-hydrogen) atoms. The fourth-order valence-corrected chi connectivity index (χ4v) is 4.37. The molecule has 3 amide bonds. The van der Waals surface area contributed by atoms with Crippen LogP contribution in [0, 0.1) is 27.7 Å². The molecule has 2 aromatic rings. The van der Waals surface area contributed by atoms with E-state index in [1.165, 1.54) is 0 Å². The van der Waals surface area contributed by atoms with E-state index in [9.17, 15) is 14.4 Å². The zero-order valence-electron chi connectivity index (χ0n) is 24.0. The standard InChI is InChI=1S/C30H43N3O4/c1-11-22(6)33(28(35)23(7)31-29(36)37-30(8,9)10)26(24-16-18(2)15-19(3)17-24)27(34)32-25-20(4)13-12-14-21(25)5/h12-17,22-23,26H,11H2,1-10H3,(H,31,36)(H,32,34). The van der Waals surface area contributed by atoms with Gasteiger partial charge in [0.2, 0.25) is 5.91 Å². The van der Waals surface area contributed by atoms with Crippen LogP contribution in [0.1, 0.15) is 81.8 Å². The van der Waals surface area contributed by atoms with E-state index in [2.05, 4.69) is 10.6 Å². The van der Waals surface area contributed by atoms with Crippen molar-refractivity contribution in [1.82, 2.24) is 10.2 Å². The maximum Gasteiger partial charge on any atom is 0.408 e. The molecule has 0 fully saturated rings. The van der Waals surface area contributed by atoms with Crippen molar-refractivity contribution >= 4 is 23.6 Å². The molecule has 2 N–H and O–H groups in total. The van der Waals surface area contributed by atoms with Crippen LogP contribution in [0.2, 0.25) is 0 Å². The van der Waals surface area contributed by atoms with Crippen LogP contribution < -0.4 is 10.6 Å². The Bertz CT molecular complexity index is 1100. The molecule has 202 valence electrons. The third kappa shape index (κ3) is 8.07. The number of alkyl carbamates (subject to hydrolysis) is 1. The second-order valence-corrected chi connectivity index (χ2v) is 11.0. The SMILES string of the molecule is CCC(C)N(C(=O)C(C)NC(=O)OC(C)(C)C)C(C(=O)Nc1c(C)cccc1C)c1cc(C)cc(C)c1. The number of ether oxygens (including phenoxy) is 1. The highest BCUT2D eigenvalue weighted by Crippen LogP contribution is 2.30. The molecule has 7 heteroatoms. The van der Waals surface area contributed by atoms with Crippen LogP contribution in [0.5, 0.6) is 0 Å². The van der Waals surface area contributed by atoms with Crippen LogP contribution in [0.3, 0.4) is 0 Å². The Kier molecular flexibility index (Phi) is 9.90. The Hall–Kier alpha value is -3.35. The molecule has 0 aliphatic heterocycles. The minimum Gasteiger partial charge on any atom is -0.444 e. The van der Waals surface area contributed by atoms with E-state index in [0.29, 0.717) is 6.42 Å². The van der Waals surface area contributed by atoms with E-state index in [0.717, 1.165) is 33.5 Å². The van der Waals surface area contributed by atoms with Gasteiger partial charge in [-0.15, -0.1) is 0 Å². The van der Waals surface area contributed by atoms with Crippen LogP contribution in [0.4, 0.5) is 10.5 Å². The van der Waals surface area contributed by atoms with Crippen molar-refractivity contribution in [3.8, 4) is 0 Å². The Morgan fingerprint density at radius 3 is 1.97 bits per heavy atom. The number of anilines is 1. The largest absolute Gasteiger partial charge is 0.444 e. The number of aryl methyl sites for hydroxylation is 4. The molecule has 0 bridgehead atoms. The molecule has 0 aliphatic carbocycles. The zero-order valence-corrected chi connectivity index (χ0v) is 24.0. The first-order valence-electron chi connectivity index (χ1n) is 12.9. The average Bonchev–Trinajstić information content (AvgIpc) is 2.76. The highest BCUT2D eigenvalue weighted by molar-refractivity contribution is 6.00. The summed E-state index contributed by atoms with van der Waals surface area (Å²) >= 11 is 0. The number of benzene rings is 2. The van der Waals surface area contributed by atoms with E-state index in [1.807, 2.05) is 77.9 Å². The summed E-state index contributed by atoms with van der Waals surface area (Å²) in [7, 11) is 0. The van der Waals surface area contributed by atoms with Gasteiger partial charge in [0.15, 0.2) is 0 Å². The summed E-state index contributed by atoms with van der Waals surface area (Å²) in [5, 5.41) is 5.74. The quantitative estimate of drug-likeness (QED) is 0.447. The first-order valence-corrected chi connectivity index (χ1v) is 12.9. The lowest BCUT2D eigenvalue weighted by Crippen LogP contribution is -2.54. The van der Waals surface area contributed by atoms with Gasteiger partial charge in [-0.3, -0.25) is 9.59 Å². The van der Waals surface area contributed by atoms with Gasteiger partial charge in [0.1, 0.15) is 17.7 Å². The van der Waals surface area contributed by atoms with Crippen molar-refractivity contribution in [2.24, 2.45) is 0 Å². The highest BCUT2D eigenvalue weighted by atomic mass is 16.6. The number of hydrogen-bond donors (Lipinski definition) is 2. The topological polar surface area (TPSA) is 87.7 Å². The summed E-state index contributed by atoms with van der Waals surface area (Å²) in [6, 6.07) is 9.68. The van der Waals surface area contributed by atoms with Crippen molar-refractivity contribution in [1.29, 1.82) is 0 Å². The summed E-state index contributed by atoms with van der Waals surface area (Å²) in [5.41, 5.74) is 4.63. The summed E-state index contributed by atoms with van der Waals surface area (Å²) < 4.78 is 5.35. The Morgan fingerprint density at radius 2 is 1.49 bits per heavy atom. The number of rotatable bonds is 8. The molecule has 0 saturated heterocycles. The molecule has 3 atom stereocenters. The molecule has 0 radical (unpaired) electrons. The van der Waals surface area contributed by atoms with Crippen molar-refractivity contribution in [3.05, 3.63) is 64.2 Å². The minimum absolute atomic E-state index is 0.273. The predicted molar refractivity (Wildman–Crippen MR) is 149 cm³/mol. The lowest BCUT2D eigenvalue weighted by atomic mass is 9.96. The van der Waals surface area contributed by atoms with Crippen LogP contribution in [0.15, 0.2) is 36.4 Å². The van der Waals surface area contributed by atoms with E-state index < -0.39 is 23.8 Å². The van der Waals surface area contributed by atoms with Crippen molar-refractivity contribution in [2.75, 3.05) is 5.32 Å².